The first-order valence-corrected chi connectivity index (χ1v) is 8.94. The number of hydrogen-bond acceptors (Lipinski definition) is 3. The monoisotopic (exact) mass is 349 g/mol. The third-order valence-electron chi connectivity index (χ3n) is 3.90. The minimum absolute atomic E-state index is 0.0899. The fourth-order valence-corrected chi connectivity index (χ4v) is 4.23. The first-order chi connectivity index (χ1) is 10.9. The lowest BCUT2D eigenvalue weighted by atomic mass is 10.2. The van der Waals surface area contributed by atoms with E-state index in [1.807, 2.05) is 30.3 Å². The van der Waals surface area contributed by atoms with Crippen molar-refractivity contribution in [2.75, 3.05) is 7.05 Å². The van der Waals surface area contributed by atoms with Gasteiger partial charge in [0.25, 0.3) is 0 Å². The number of fused-ring (bicyclic) bond motifs is 1. The molecule has 0 saturated carbocycles. The lowest BCUT2D eigenvalue weighted by molar-refractivity contribution is 0.348. The van der Waals surface area contributed by atoms with Gasteiger partial charge < -0.3 is 4.42 Å². The Morgan fingerprint density at radius 1 is 1.09 bits per heavy atom. The van der Waals surface area contributed by atoms with Crippen molar-refractivity contribution in [3.05, 3.63) is 65.4 Å². The summed E-state index contributed by atoms with van der Waals surface area (Å²) in [5.41, 5.74) is 0.734. The Bertz CT molecular complexity index is 916. The van der Waals surface area contributed by atoms with Gasteiger partial charge in [0.05, 0.1) is 11.1 Å². The van der Waals surface area contributed by atoms with Crippen molar-refractivity contribution in [3.8, 4) is 0 Å². The van der Waals surface area contributed by atoms with Crippen molar-refractivity contribution in [3.63, 3.8) is 0 Å². The SMILES string of the molecule is C[C@H](c1cc2ccccc2o1)N(C)S(=O)(=O)c1ccccc1Cl. The molecule has 0 aliphatic carbocycles. The Kier molecular flexibility index (Phi) is 4.19. The summed E-state index contributed by atoms with van der Waals surface area (Å²) in [5, 5.41) is 1.15. The van der Waals surface area contributed by atoms with Crippen molar-refractivity contribution >= 4 is 32.6 Å². The molecule has 0 aliphatic rings. The average Bonchev–Trinajstić information content (AvgIpc) is 2.97. The van der Waals surface area contributed by atoms with Crippen LogP contribution in [0.5, 0.6) is 0 Å². The van der Waals surface area contributed by atoms with Crippen LogP contribution in [0.2, 0.25) is 5.02 Å². The van der Waals surface area contributed by atoms with E-state index in [2.05, 4.69) is 0 Å². The number of furan rings is 1. The molecule has 1 heterocycles. The van der Waals surface area contributed by atoms with Crippen LogP contribution >= 0.6 is 11.6 Å². The molecule has 3 rings (SSSR count). The summed E-state index contributed by atoms with van der Waals surface area (Å²) in [4.78, 5) is 0.0899. The standard InChI is InChI=1S/C17H16ClNO3S/c1-12(16-11-13-7-3-5-9-15(13)22-16)19(2)23(20,21)17-10-6-4-8-14(17)18/h3-12H,1-2H3/t12-/m1/s1. The molecule has 0 amide bonds. The predicted octanol–water partition coefficient (Wildman–Crippen LogP) is 4.47. The summed E-state index contributed by atoms with van der Waals surface area (Å²) < 4.78 is 32.6. The number of para-hydroxylation sites is 1. The van der Waals surface area contributed by atoms with Gasteiger partial charge in [0.2, 0.25) is 10.0 Å². The first kappa shape index (κ1) is 16.1. The van der Waals surface area contributed by atoms with E-state index < -0.39 is 16.1 Å². The highest BCUT2D eigenvalue weighted by Crippen LogP contribution is 2.32. The second kappa shape index (κ2) is 6.00. The second-order valence-corrected chi connectivity index (χ2v) is 7.69. The van der Waals surface area contributed by atoms with E-state index >= 15 is 0 Å². The van der Waals surface area contributed by atoms with Crippen molar-refractivity contribution in [2.24, 2.45) is 0 Å². The normalized spacial score (nSPS) is 13.6. The molecule has 0 radical (unpaired) electrons. The van der Waals surface area contributed by atoms with Gasteiger partial charge in [-0.05, 0) is 31.2 Å². The Morgan fingerprint density at radius 3 is 2.43 bits per heavy atom. The van der Waals surface area contributed by atoms with Gasteiger partial charge in [-0.2, -0.15) is 4.31 Å². The molecular formula is C17H16ClNO3S. The minimum atomic E-state index is -3.71. The smallest absolute Gasteiger partial charge is 0.244 e. The molecule has 0 fully saturated rings. The highest BCUT2D eigenvalue weighted by molar-refractivity contribution is 7.89. The zero-order valence-electron chi connectivity index (χ0n) is 12.7. The van der Waals surface area contributed by atoms with Gasteiger partial charge in [0.1, 0.15) is 16.2 Å². The molecule has 120 valence electrons. The summed E-state index contributed by atoms with van der Waals surface area (Å²) in [7, 11) is -2.19. The number of halogens is 1. The fraction of sp³-hybridized carbons (Fsp3) is 0.176. The van der Waals surface area contributed by atoms with E-state index in [1.165, 1.54) is 17.4 Å². The molecule has 2 aromatic carbocycles. The van der Waals surface area contributed by atoms with E-state index in [-0.39, 0.29) is 9.92 Å². The van der Waals surface area contributed by atoms with Crippen molar-refractivity contribution in [2.45, 2.75) is 17.9 Å². The Hall–Kier alpha value is -1.82. The van der Waals surface area contributed by atoms with E-state index in [9.17, 15) is 8.42 Å². The van der Waals surface area contributed by atoms with Crippen LogP contribution in [0.1, 0.15) is 18.7 Å². The molecule has 1 atom stereocenters. The molecule has 6 heteroatoms. The van der Waals surface area contributed by atoms with Crippen molar-refractivity contribution in [1.29, 1.82) is 0 Å². The van der Waals surface area contributed by atoms with E-state index in [0.717, 1.165) is 11.0 Å². The maximum absolute atomic E-state index is 12.8. The van der Waals surface area contributed by atoms with Gasteiger partial charge in [-0.25, -0.2) is 8.42 Å². The number of benzene rings is 2. The average molecular weight is 350 g/mol. The number of hydrogen-bond donors (Lipinski definition) is 0. The van der Waals surface area contributed by atoms with Crippen LogP contribution in [0.25, 0.3) is 11.0 Å². The van der Waals surface area contributed by atoms with Crippen molar-refractivity contribution in [1.82, 2.24) is 4.31 Å². The van der Waals surface area contributed by atoms with Gasteiger partial charge in [-0.1, -0.05) is 41.9 Å². The molecule has 0 bridgehead atoms. The molecule has 0 saturated heterocycles. The van der Waals surface area contributed by atoms with Gasteiger partial charge in [0, 0.05) is 12.4 Å². The second-order valence-electron chi connectivity index (χ2n) is 5.31. The first-order valence-electron chi connectivity index (χ1n) is 7.12. The maximum atomic E-state index is 12.8. The van der Waals surface area contributed by atoms with Gasteiger partial charge in [0.15, 0.2) is 0 Å². The molecule has 3 aromatic rings. The van der Waals surface area contributed by atoms with Crippen molar-refractivity contribution < 1.29 is 12.8 Å². The summed E-state index contributed by atoms with van der Waals surface area (Å²) in [6.07, 6.45) is 0. The third kappa shape index (κ3) is 2.87. The lowest BCUT2D eigenvalue weighted by Crippen LogP contribution is -2.29. The highest BCUT2D eigenvalue weighted by Gasteiger charge is 2.29. The Balaban J connectivity index is 1.98. The predicted molar refractivity (Wildman–Crippen MR) is 91.0 cm³/mol. The van der Waals surface area contributed by atoms with Crippen LogP contribution in [0, 0.1) is 0 Å². The number of rotatable bonds is 4. The topological polar surface area (TPSA) is 50.5 Å². The summed E-state index contributed by atoms with van der Waals surface area (Å²) in [6.45, 7) is 1.78. The minimum Gasteiger partial charge on any atom is -0.459 e. The van der Waals surface area contributed by atoms with Gasteiger partial charge in [-0.15, -0.1) is 0 Å². The van der Waals surface area contributed by atoms with Crippen LogP contribution in [0.15, 0.2) is 63.9 Å². The van der Waals surface area contributed by atoms with Gasteiger partial charge >= 0.3 is 0 Å². The Morgan fingerprint density at radius 2 is 1.74 bits per heavy atom. The fourth-order valence-electron chi connectivity index (χ4n) is 2.40. The van der Waals surface area contributed by atoms with Crippen LogP contribution in [-0.4, -0.2) is 19.8 Å². The summed E-state index contributed by atoms with van der Waals surface area (Å²) >= 11 is 6.04. The Labute approximate surface area is 140 Å². The van der Waals surface area contributed by atoms with E-state index in [1.54, 1.807) is 25.1 Å². The highest BCUT2D eigenvalue weighted by atomic mass is 35.5. The van der Waals surface area contributed by atoms with Gasteiger partial charge in [-0.3, -0.25) is 0 Å². The largest absolute Gasteiger partial charge is 0.459 e. The molecule has 0 N–H and O–H groups in total. The quantitative estimate of drug-likeness (QED) is 0.698. The van der Waals surface area contributed by atoms with Crippen LogP contribution < -0.4 is 0 Å². The molecular weight excluding hydrogens is 334 g/mol. The van der Waals surface area contributed by atoms with Crippen LogP contribution in [0.3, 0.4) is 0 Å². The number of sulfonamides is 1. The number of nitrogens with zero attached hydrogens (tertiary/aromatic N) is 1. The van der Waals surface area contributed by atoms with E-state index in [0.29, 0.717) is 5.76 Å². The molecule has 0 spiro atoms. The molecule has 0 unspecified atom stereocenters. The van der Waals surface area contributed by atoms with Crippen LogP contribution in [-0.2, 0) is 10.0 Å². The molecule has 23 heavy (non-hydrogen) atoms. The third-order valence-corrected chi connectivity index (χ3v) is 6.32. The summed E-state index contributed by atoms with van der Waals surface area (Å²) in [6, 6.07) is 15.4. The lowest BCUT2D eigenvalue weighted by Gasteiger charge is -2.23. The maximum Gasteiger partial charge on any atom is 0.244 e. The van der Waals surface area contributed by atoms with E-state index in [4.69, 9.17) is 16.0 Å². The molecule has 4 nitrogen and oxygen atoms in total. The molecule has 0 aliphatic heterocycles. The zero-order valence-corrected chi connectivity index (χ0v) is 14.3. The van der Waals surface area contributed by atoms with Crippen LogP contribution in [0.4, 0.5) is 0 Å². The molecule has 1 aromatic heterocycles. The zero-order chi connectivity index (χ0) is 16.6. The summed E-state index contributed by atoms with van der Waals surface area (Å²) in [5.74, 6) is 0.587.